The summed E-state index contributed by atoms with van der Waals surface area (Å²) in [6, 6.07) is 0.348. The number of halogens is 1. The first-order valence-corrected chi connectivity index (χ1v) is 7.89. The Balaban J connectivity index is 2.12. The van der Waals surface area contributed by atoms with Gasteiger partial charge in [0.15, 0.2) is 0 Å². The van der Waals surface area contributed by atoms with Crippen molar-refractivity contribution >= 4 is 15.9 Å². The Morgan fingerprint density at radius 1 is 1.53 bits per heavy atom. The molecule has 0 spiro atoms. The standard InChI is InChI=1S/C14H24BrN3O/c1-5-10-14(15)12(18(4)17-10)8-11(16-3)13-7-6-9(2)19-13/h9,11,13,16H,5-8H2,1-4H3. The van der Waals surface area contributed by atoms with Gasteiger partial charge < -0.3 is 10.1 Å². The van der Waals surface area contributed by atoms with Gasteiger partial charge in [0.25, 0.3) is 0 Å². The molecule has 1 fully saturated rings. The summed E-state index contributed by atoms with van der Waals surface area (Å²) < 4.78 is 9.14. The van der Waals surface area contributed by atoms with E-state index in [0.717, 1.165) is 35.8 Å². The Morgan fingerprint density at radius 2 is 2.26 bits per heavy atom. The zero-order valence-corrected chi connectivity index (χ0v) is 13.8. The Labute approximate surface area is 124 Å². The number of rotatable bonds is 5. The van der Waals surface area contributed by atoms with Crippen molar-refractivity contribution in [3.05, 3.63) is 15.9 Å². The summed E-state index contributed by atoms with van der Waals surface area (Å²) in [6.45, 7) is 4.29. The fourth-order valence-electron chi connectivity index (χ4n) is 2.80. The molecule has 1 saturated heterocycles. The molecular formula is C14H24BrN3O. The van der Waals surface area contributed by atoms with Crippen molar-refractivity contribution in [3.63, 3.8) is 0 Å². The van der Waals surface area contributed by atoms with E-state index in [-0.39, 0.29) is 0 Å². The Morgan fingerprint density at radius 3 is 2.74 bits per heavy atom. The van der Waals surface area contributed by atoms with Crippen LogP contribution in [0, 0.1) is 0 Å². The van der Waals surface area contributed by atoms with Gasteiger partial charge in [0.05, 0.1) is 28.1 Å². The number of aryl methyl sites for hydroxylation is 2. The van der Waals surface area contributed by atoms with E-state index in [1.807, 2.05) is 18.8 Å². The maximum absolute atomic E-state index is 5.99. The minimum atomic E-state index is 0.312. The smallest absolute Gasteiger partial charge is 0.0766 e. The summed E-state index contributed by atoms with van der Waals surface area (Å²) in [5.41, 5.74) is 2.38. The largest absolute Gasteiger partial charge is 0.374 e. The van der Waals surface area contributed by atoms with Crippen LogP contribution < -0.4 is 5.32 Å². The molecule has 1 aliphatic heterocycles. The molecule has 0 aromatic carbocycles. The van der Waals surface area contributed by atoms with Gasteiger partial charge in [-0.1, -0.05) is 6.92 Å². The van der Waals surface area contributed by atoms with Crippen molar-refractivity contribution in [3.8, 4) is 0 Å². The van der Waals surface area contributed by atoms with E-state index >= 15 is 0 Å². The molecule has 0 saturated carbocycles. The van der Waals surface area contributed by atoms with Gasteiger partial charge in [-0.15, -0.1) is 0 Å². The highest BCUT2D eigenvalue weighted by molar-refractivity contribution is 9.10. The predicted molar refractivity (Wildman–Crippen MR) is 80.4 cm³/mol. The predicted octanol–water partition coefficient (Wildman–Crippen LogP) is 2.44. The van der Waals surface area contributed by atoms with Crippen LogP contribution in [-0.4, -0.2) is 35.1 Å². The van der Waals surface area contributed by atoms with Crippen molar-refractivity contribution in [2.75, 3.05) is 7.05 Å². The van der Waals surface area contributed by atoms with E-state index in [4.69, 9.17) is 4.74 Å². The summed E-state index contributed by atoms with van der Waals surface area (Å²) in [5.74, 6) is 0. The van der Waals surface area contributed by atoms with Gasteiger partial charge in [-0.3, -0.25) is 4.68 Å². The van der Waals surface area contributed by atoms with Crippen molar-refractivity contribution in [2.45, 2.75) is 57.8 Å². The average molecular weight is 330 g/mol. The van der Waals surface area contributed by atoms with Gasteiger partial charge >= 0.3 is 0 Å². The van der Waals surface area contributed by atoms with Crippen molar-refractivity contribution in [2.24, 2.45) is 7.05 Å². The lowest BCUT2D eigenvalue weighted by Crippen LogP contribution is -2.40. The van der Waals surface area contributed by atoms with E-state index in [9.17, 15) is 0 Å². The molecule has 1 aromatic heterocycles. The third-order valence-electron chi connectivity index (χ3n) is 4.00. The molecule has 0 radical (unpaired) electrons. The summed E-state index contributed by atoms with van der Waals surface area (Å²) in [5, 5.41) is 7.97. The highest BCUT2D eigenvalue weighted by Gasteiger charge is 2.30. The van der Waals surface area contributed by atoms with Crippen LogP contribution in [0.2, 0.25) is 0 Å². The average Bonchev–Trinajstić information content (AvgIpc) is 2.92. The Kier molecular flexibility index (Phi) is 5.03. The van der Waals surface area contributed by atoms with Gasteiger partial charge in [0, 0.05) is 19.5 Å². The molecule has 1 aliphatic rings. The lowest BCUT2D eigenvalue weighted by atomic mass is 10.0. The number of nitrogens with one attached hydrogen (secondary N) is 1. The quantitative estimate of drug-likeness (QED) is 0.901. The van der Waals surface area contributed by atoms with Crippen molar-refractivity contribution in [1.82, 2.24) is 15.1 Å². The van der Waals surface area contributed by atoms with E-state index in [1.165, 1.54) is 5.69 Å². The third kappa shape index (κ3) is 3.20. The number of hydrogen-bond acceptors (Lipinski definition) is 3. The third-order valence-corrected chi connectivity index (χ3v) is 4.92. The number of ether oxygens (including phenoxy) is 1. The first kappa shape index (κ1) is 15.0. The zero-order valence-electron chi connectivity index (χ0n) is 12.2. The summed E-state index contributed by atoms with van der Waals surface area (Å²) in [6.07, 6.45) is 4.90. The van der Waals surface area contributed by atoms with E-state index < -0.39 is 0 Å². The van der Waals surface area contributed by atoms with Gasteiger partial charge in [-0.25, -0.2) is 0 Å². The van der Waals surface area contributed by atoms with Gasteiger partial charge in [-0.2, -0.15) is 5.10 Å². The second-order valence-electron chi connectivity index (χ2n) is 5.35. The van der Waals surface area contributed by atoms with Crippen LogP contribution in [0.4, 0.5) is 0 Å². The van der Waals surface area contributed by atoms with Crippen LogP contribution in [0.5, 0.6) is 0 Å². The minimum absolute atomic E-state index is 0.312. The van der Waals surface area contributed by atoms with Gasteiger partial charge in [-0.05, 0) is 49.2 Å². The van der Waals surface area contributed by atoms with Crippen LogP contribution >= 0.6 is 15.9 Å². The second-order valence-corrected chi connectivity index (χ2v) is 6.14. The lowest BCUT2D eigenvalue weighted by Gasteiger charge is -2.23. The summed E-state index contributed by atoms with van der Waals surface area (Å²) in [4.78, 5) is 0. The van der Waals surface area contributed by atoms with Gasteiger partial charge in [0.1, 0.15) is 0 Å². The molecule has 0 amide bonds. The molecule has 2 heterocycles. The summed E-state index contributed by atoms with van der Waals surface area (Å²) in [7, 11) is 4.03. The molecule has 1 aromatic rings. The molecule has 4 nitrogen and oxygen atoms in total. The Hall–Kier alpha value is -0.390. The fraction of sp³-hybridized carbons (Fsp3) is 0.786. The molecule has 0 aliphatic carbocycles. The molecule has 19 heavy (non-hydrogen) atoms. The highest BCUT2D eigenvalue weighted by atomic mass is 79.9. The SMILES string of the molecule is CCc1nn(C)c(CC(NC)C2CCC(C)O2)c1Br. The molecule has 2 rings (SSSR count). The second kappa shape index (κ2) is 6.37. The van der Waals surface area contributed by atoms with E-state index in [2.05, 4.69) is 40.2 Å². The molecule has 5 heteroatoms. The maximum atomic E-state index is 5.99. The minimum Gasteiger partial charge on any atom is -0.374 e. The maximum Gasteiger partial charge on any atom is 0.0766 e. The number of likely N-dealkylation sites (N-methyl/N-ethyl adjacent to an activating group) is 1. The van der Waals surface area contributed by atoms with Crippen LogP contribution in [0.15, 0.2) is 4.47 Å². The van der Waals surface area contributed by atoms with Crippen LogP contribution in [-0.2, 0) is 24.6 Å². The van der Waals surface area contributed by atoms with Gasteiger partial charge in [0.2, 0.25) is 0 Å². The number of aromatic nitrogens is 2. The van der Waals surface area contributed by atoms with Crippen LogP contribution in [0.25, 0.3) is 0 Å². The molecule has 3 atom stereocenters. The normalized spacial score (nSPS) is 24.9. The molecule has 3 unspecified atom stereocenters. The number of hydrogen-bond donors (Lipinski definition) is 1. The van der Waals surface area contributed by atoms with Crippen LogP contribution in [0.3, 0.4) is 0 Å². The molecule has 108 valence electrons. The lowest BCUT2D eigenvalue weighted by molar-refractivity contribution is 0.0333. The van der Waals surface area contributed by atoms with Crippen molar-refractivity contribution in [1.29, 1.82) is 0 Å². The van der Waals surface area contributed by atoms with Crippen LogP contribution in [0.1, 0.15) is 38.1 Å². The Bertz CT molecular complexity index is 433. The number of nitrogens with zero attached hydrogens (tertiary/aromatic N) is 2. The van der Waals surface area contributed by atoms with Crippen molar-refractivity contribution < 1.29 is 4.74 Å². The highest BCUT2D eigenvalue weighted by Crippen LogP contribution is 2.27. The molecular weight excluding hydrogens is 306 g/mol. The van der Waals surface area contributed by atoms with E-state index in [1.54, 1.807) is 0 Å². The topological polar surface area (TPSA) is 39.1 Å². The monoisotopic (exact) mass is 329 g/mol. The first-order chi connectivity index (χ1) is 9.06. The van der Waals surface area contributed by atoms with E-state index in [0.29, 0.717) is 18.2 Å². The zero-order chi connectivity index (χ0) is 14.0. The first-order valence-electron chi connectivity index (χ1n) is 7.09. The molecule has 0 bridgehead atoms. The summed E-state index contributed by atoms with van der Waals surface area (Å²) >= 11 is 3.69. The molecule has 1 N–H and O–H groups in total. The fourth-order valence-corrected chi connectivity index (χ4v) is 3.58.